The largest absolute Gasteiger partial charge is 0.336 e. The standard InChI is InChI=1S/C25H26N4O3S/c30-25(29-19-17-28(18-20-29)16-4-7-21-5-2-1-3-6-21)22-8-10-24(11-9-22)33(31,32)27-23-12-14-26-15-13-23/h1-15H,16-20H2,(H,26,27)/b7-4+. The molecule has 1 aliphatic heterocycles. The topological polar surface area (TPSA) is 82.6 Å². The highest BCUT2D eigenvalue weighted by molar-refractivity contribution is 7.92. The molecule has 1 amide bonds. The molecule has 0 saturated carbocycles. The minimum absolute atomic E-state index is 0.0829. The molecule has 2 aromatic carbocycles. The van der Waals surface area contributed by atoms with Crippen LogP contribution in [0.4, 0.5) is 5.69 Å². The van der Waals surface area contributed by atoms with E-state index < -0.39 is 10.0 Å². The Hall–Kier alpha value is -3.49. The summed E-state index contributed by atoms with van der Waals surface area (Å²) < 4.78 is 27.6. The van der Waals surface area contributed by atoms with Crippen LogP contribution in [0, 0.1) is 0 Å². The van der Waals surface area contributed by atoms with E-state index in [1.165, 1.54) is 30.1 Å². The van der Waals surface area contributed by atoms with Gasteiger partial charge in [-0.3, -0.25) is 19.4 Å². The van der Waals surface area contributed by atoms with Gasteiger partial charge in [-0.05, 0) is 42.0 Å². The van der Waals surface area contributed by atoms with E-state index in [1.54, 1.807) is 24.3 Å². The first-order valence-corrected chi connectivity index (χ1v) is 12.3. The smallest absolute Gasteiger partial charge is 0.261 e. The fourth-order valence-electron chi connectivity index (χ4n) is 3.63. The lowest BCUT2D eigenvalue weighted by molar-refractivity contribution is 0.0650. The van der Waals surface area contributed by atoms with Crippen LogP contribution in [0.15, 0.2) is 90.1 Å². The number of anilines is 1. The van der Waals surface area contributed by atoms with Crippen LogP contribution in [0.1, 0.15) is 15.9 Å². The molecule has 1 aromatic heterocycles. The molecule has 4 rings (SSSR count). The number of hydrogen-bond donors (Lipinski definition) is 1. The number of rotatable bonds is 7. The quantitative estimate of drug-likeness (QED) is 0.582. The van der Waals surface area contributed by atoms with Crippen molar-refractivity contribution >= 4 is 27.7 Å². The SMILES string of the molecule is O=C(c1ccc(S(=O)(=O)Nc2ccncc2)cc1)N1CCN(C/C=C/c2ccccc2)CC1. The second-order valence-corrected chi connectivity index (χ2v) is 9.45. The van der Waals surface area contributed by atoms with Gasteiger partial charge < -0.3 is 4.90 Å². The number of nitrogens with zero attached hydrogens (tertiary/aromatic N) is 3. The molecule has 0 aliphatic carbocycles. The number of carbonyl (C=O) groups excluding carboxylic acids is 1. The molecule has 8 heteroatoms. The van der Waals surface area contributed by atoms with E-state index >= 15 is 0 Å². The van der Waals surface area contributed by atoms with Crippen molar-refractivity contribution in [2.24, 2.45) is 0 Å². The molecule has 1 fully saturated rings. The summed E-state index contributed by atoms with van der Waals surface area (Å²) in [6.45, 7) is 3.72. The molecule has 1 saturated heterocycles. The number of nitrogens with one attached hydrogen (secondary N) is 1. The molecular formula is C25H26N4O3S. The summed E-state index contributed by atoms with van der Waals surface area (Å²) in [6.07, 6.45) is 7.28. The third kappa shape index (κ3) is 6.06. The molecule has 0 unspecified atom stereocenters. The summed E-state index contributed by atoms with van der Waals surface area (Å²) in [7, 11) is -3.73. The van der Waals surface area contributed by atoms with E-state index in [1.807, 2.05) is 23.1 Å². The highest BCUT2D eigenvalue weighted by atomic mass is 32.2. The fourth-order valence-corrected chi connectivity index (χ4v) is 4.69. The Balaban J connectivity index is 1.30. The summed E-state index contributed by atoms with van der Waals surface area (Å²) in [5, 5.41) is 0. The molecule has 0 bridgehead atoms. The van der Waals surface area contributed by atoms with E-state index in [4.69, 9.17) is 0 Å². The zero-order valence-electron chi connectivity index (χ0n) is 18.2. The number of hydrogen-bond acceptors (Lipinski definition) is 5. The van der Waals surface area contributed by atoms with Crippen molar-refractivity contribution in [1.82, 2.24) is 14.8 Å². The van der Waals surface area contributed by atoms with Crippen LogP contribution >= 0.6 is 0 Å². The van der Waals surface area contributed by atoms with E-state index in [0.717, 1.165) is 19.6 Å². The second-order valence-electron chi connectivity index (χ2n) is 7.77. The van der Waals surface area contributed by atoms with E-state index in [2.05, 4.69) is 38.9 Å². The van der Waals surface area contributed by atoms with Gasteiger partial charge in [0.25, 0.3) is 15.9 Å². The molecule has 7 nitrogen and oxygen atoms in total. The summed E-state index contributed by atoms with van der Waals surface area (Å²) in [5.74, 6) is -0.0829. The highest BCUT2D eigenvalue weighted by Gasteiger charge is 2.22. The van der Waals surface area contributed by atoms with Crippen molar-refractivity contribution in [3.05, 3.63) is 96.3 Å². The zero-order chi connectivity index (χ0) is 23.1. The molecule has 1 aliphatic rings. The fraction of sp³-hybridized carbons (Fsp3) is 0.200. The number of pyridine rings is 1. The molecule has 33 heavy (non-hydrogen) atoms. The molecule has 0 spiro atoms. The van der Waals surface area contributed by atoms with Crippen molar-refractivity contribution in [3.63, 3.8) is 0 Å². The van der Waals surface area contributed by atoms with Gasteiger partial charge in [0.05, 0.1) is 10.6 Å². The minimum Gasteiger partial charge on any atom is -0.336 e. The van der Waals surface area contributed by atoms with Crippen molar-refractivity contribution in [3.8, 4) is 0 Å². The van der Waals surface area contributed by atoms with Crippen molar-refractivity contribution in [2.75, 3.05) is 37.4 Å². The number of sulfonamides is 1. The third-order valence-corrected chi connectivity index (χ3v) is 6.87. The normalized spacial score (nSPS) is 15.0. The van der Waals surface area contributed by atoms with Crippen LogP contribution in [0.2, 0.25) is 0 Å². The highest BCUT2D eigenvalue weighted by Crippen LogP contribution is 2.17. The van der Waals surface area contributed by atoms with E-state index in [0.29, 0.717) is 24.3 Å². The maximum absolute atomic E-state index is 12.9. The lowest BCUT2D eigenvalue weighted by Gasteiger charge is -2.34. The number of piperazine rings is 1. The van der Waals surface area contributed by atoms with Gasteiger partial charge in [-0.15, -0.1) is 0 Å². The Kier molecular flexibility index (Phi) is 7.16. The molecular weight excluding hydrogens is 436 g/mol. The first-order valence-electron chi connectivity index (χ1n) is 10.8. The summed E-state index contributed by atoms with van der Waals surface area (Å²) >= 11 is 0. The summed E-state index contributed by atoms with van der Waals surface area (Å²) in [5.41, 5.74) is 2.09. The molecule has 170 valence electrons. The van der Waals surface area contributed by atoms with Crippen LogP contribution < -0.4 is 4.72 Å². The van der Waals surface area contributed by atoms with Gasteiger partial charge in [0.2, 0.25) is 0 Å². The third-order valence-electron chi connectivity index (χ3n) is 5.48. The van der Waals surface area contributed by atoms with Gasteiger partial charge in [-0.1, -0.05) is 42.5 Å². The Morgan fingerprint density at radius 1 is 0.909 bits per heavy atom. The lowest BCUT2D eigenvalue weighted by atomic mass is 10.2. The van der Waals surface area contributed by atoms with Crippen LogP contribution in [-0.2, 0) is 10.0 Å². The second kappa shape index (κ2) is 10.4. The summed E-state index contributed by atoms with van der Waals surface area (Å²) in [6, 6.07) is 19.4. The molecule has 3 aromatic rings. The average molecular weight is 463 g/mol. The molecule has 2 heterocycles. The first kappa shape index (κ1) is 22.7. The van der Waals surface area contributed by atoms with Gasteiger partial charge in [0.15, 0.2) is 0 Å². The molecule has 1 N–H and O–H groups in total. The lowest BCUT2D eigenvalue weighted by Crippen LogP contribution is -2.48. The van der Waals surface area contributed by atoms with Gasteiger partial charge in [-0.2, -0.15) is 0 Å². The van der Waals surface area contributed by atoms with Gasteiger partial charge in [0.1, 0.15) is 0 Å². The van der Waals surface area contributed by atoms with Crippen molar-refractivity contribution < 1.29 is 13.2 Å². The van der Waals surface area contributed by atoms with Gasteiger partial charge in [-0.25, -0.2) is 8.42 Å². The maximum atomic E-state index is 12.9. The number of benzene rings is 2. The predicted molar refractivity (Wildman–Crippen MR) is 129 cm³/mol. The van der Waals surface area contributed by atoms with E-state index in [-0.39, 0.29) is 10.8 Å². The number of carbonyl (C=O) groups is 1. The Bertz CT molecular complexity index is 1190. The maximum Gasteiger partial charge on any atom is 0.261 e. The van der Waals surface area contributed by atoms with Crippen LogP contribution in [0.3, 0.4) is 0 Å². The Morgan fingerprint density at radius 2 is 1.58 bits per heavy atom. The van der Waals surface area contributed by atoms with Crippen molar-refractivity contribution in [1.29, 1.82) is 0 Å². The number of amides is 1. The van der Waals surface area contributed by atoms with Crippen molar-refractivity contribution in [2.45, 2.75) is 4.90 Å². The number of aromatic nitrogens is 1. The van der Waals surface area contributed by atoms with Crippen LogP contribution in [-0.4, -0.2) is 61.8 Å². The van der Waals surface area contributed by atoms with Crippen LogP contribution in [0.5, 0.6) is 0 Å². The Labute approximate surface area is 194 Å². The predicted octanol–water partition coefficient (Wildman–Crippen LogP) is 3.35. The van der Waals surface area contributed by atoms with Gasteiger partial charge in [0, 0.05) is 50.7 Å². The first-order chi connectivity index (χ1) is 16.0. The molecule has 0 radical (unpaired) electrons. The summed E-state index contributed by atoms with van der Waals surface area (Å²) in [4.78, 5) is 21.0. The zero-order valence-corrected chi connectivity index (χ0v) is 19.0. The monoisotopic (exact) mass is 462 g/mol. The van der Waals surface area contributed by atoms with Crippen LogP contribution in [0.25, 0.3) is 6.08 Å². The minimum atomic E-state index is -3.73. The Morgan fingerprint density at radius 3 is 2.24 bits per heavy atom. The van der Waals surface area contributed by atoms with Gasteiger partial charge >= 0.3 is 0 Å². The average Bonchev–Trinajstić information content (AvgIpc) is 2.85. The molecule has 0 atom stereocenters. The van der Waals surface area contributed by atoms with E-state index in [9.17, 15) is 13.2 Å².